The molecule has 3 aromatic carbocycles. The molecule has 0 saturated heterocycles. The second-order valence-electron chi connectivity index (χ2n) is 6.87. The molecule has 3 aromatic heterocycles. The molecular formula is C25H15NO2. The summed E-state index contributed by atoms with van der Waals surface area (Å²) in [6.45, 7) is 0. The lowest BCUT2D eigenvalue weighted by atomic mass is 10.0. The van der Waals surface area contributed by atoms with Crippen LogP contribution in [0.15, 0.2) is 100.0 Å². The molecule has 132 valence electrons. The quantitative estimate of drug-likeness (QED) is 0.331. The summed E-state index contributed by atoms with van der Waals surface area (Å²) in [4.78, 5) is 4.57. The van der Waals surface area contributed by atoms with Crippen molar-refractivity contribution in [2.45, 2.75) is 0 Å². The lowest BCUT2D eigenvalue weighted by Crippen LogP contribution is -1.85. The Labute approximate surface area is 160 Å². The maximum Gasteiger partial charge on any atom is 0.299 e. The molecule has 0 bridgehead atoms. The van der Waals surface area contributed by atoms with Crippen LogP contribution >= 0.6 is 0 Å². The van der Waals surface area contributed by atoms with Crippen LogP contribution in [0.2, 0.25) is 0 Å². The van der Waals surface area contributed by atoms with Crippen molar-refractivity contribution in [2.75, 3.05) is 0 Å². The molecule has 28 heavy (non-hydrogen) atoms. The lowest BCUT2D eigenvalue weighted by Gasteiger charge is -2.05. The Morgan fingerprint density at radius 2 is 1.36 bits per heavy atom. The third-order valence-electron chi connectivity index (χ3n) is 5.18. The molecule has 3 nitrogen and oxygen atoms in total. The van der Waals surface area contributed by atoms with Gasteiger partial charge >= 0.3 is 0 Å². The summed E-state index contributed by atoms with van der Waals surface area (Å²) < 4.78 is 11.9. The Morgan fingerprint density at radius 3 is 2.29 bits per heavy atom. The number of furan rings is 2. The standard InChI is InChI=1S/C25H15NO2/c1-2-6-16(7-3-1)17-12-13-26-21(14-17)18-10-11-20-23(15-18)28-25-24(20)19-8-4-5-9-22(19)27-25/h1-15H. The molecule has 0 aliphatic rings. The van der Waals surface area contributed by atoms with Gasteiger partial charge in [-0.2, -0.15) is 0 Å². The van der Waals surface area contributed by atoms with E-state index < -0.39 is 0 Å². The Bertz CT molecular complexity index is 1460. The second-order valence-corrected chi connectivity index (χ2v) is 6.87. The molecular weight excluding hydrogens is 346 g/mol. The number of para-hydroxylation sites is 1. The number of hydrogen-bond acceptors (Lipinski definition) is 3. The number of benzene rings is 3. The highest BCUT2D eigenvalue weighted by Crippen LogP contribution is 2.38. The van der Waals surface area contributed by atoms with Crippen LogP contribution in [0.25, 0.3) is 55.5 Å². The zero-order valence-corrected chi connectivity index (χ0v) is 14.9. The van der Waals surface area contributed by atoms with Crippen LogP contribution in [0.4, 0.5) is 0 Å². The fourth-order valence-corrected chi connectivity index (χ4v) is 3.82. The van der Waals surface area contributed by atoms with Gasteiger partial charge in [-0.25, -0.2) is 0 Å². The van der Waals surface area contributed by atoms with E-state index in [0.29, 0.717) is 5.78 Å². The van der Waals surface area contributed by atoms with Crippen LogP contribution in [0.3, 0.4) is 0 Å². The van der Waals surface area contributed by atoms with E-state index in [2.05, 4.69) is 41.4 Å². The molecule has 3 heteroatoms. The fraction of sp³-hybridized carbons (Fsp3) is 0. The minimum absolute atomic E-state index is 0.569. The normalized spacial score (nSPS) is 11.6. The molecule has 0 aliphatic heterocycles. The van der Waals surface area contributed by atoms with Gasteiger partial charge in [0.15, 0.2) is 0 Å². The first kappa shape index (κ1) is 15.2. The molecule has 0 aliphatic carbocycles. The van der Waals surface area contributed by atoms with Gasteiger partial charge in [0.1, 0.15) is 11.2 Å². The molecule has 0 spiro atoms. The summed E-state index contributed by atoms with van der Waals surface area (Å²) in [5, 5.41) is 3.17. The molecule has 6 rings (SSSR count). The number of hydrogen-bond donors (Lipinski definition) is 0. The van der Waals surface area contributed by atoms with Crippen LogP contribution in [-0.4, -0.2) is 4.98 Å². The number of rotatable bonds is 2. The van der Waals surface area contributed by atoms with Crippen molar-refractivity contribution in [3.05, 3.63) is 91.1 Å². The van der Waals surface area contributed by atoms with Gasteiger partial charge < -0.3 is 8.83 Å². The van der Waals surface area contributed by atoms with Gasteiger partial charge in [-0.3, -0.25) is 4.98 Å². The van der Waals surface area contributed by atoms with E-state index in [4.69, 9.17) is 8.83 Å². The summed E-state index contributed by atoms with van der Waals surface area (Å²) in [6, 6.07) is 28.7. The van der Waals surface area contributed by atoms with Crippen molar-refractivity contribution < 1.29 is 8.83 Å². The minimum atomic E-state index is 0.569. The van der Waals surface area contributed by atoms with Crippen molar-refractivity contribution in [1.82, 2.24) is 4.98 Å². The highest BCUT2D eigenvalue weighted by Gasteiger charge is 2.16. The number of aromatic nitrogens is 1. The predicted molar refractivity (Wildman–Crippen MR) is 112 cm³/mol. The van der Waals surface area contributed by atoms with Crippen LogP contribution in [0, 0.1) is 0 Å². The van der Waals surface area contributed by atoms with Gasteiger partial charge in [-0.15, -0.1) is 0 Å². The molecule has 0 N–H and O–H groups in total. The van der Waals surface area contributed by atoms with E-state index in [-0.39, 0.29) is 0 Å². The van der Waals surface area contributed by atoms with E-state index >= 15 is 0 Å². The Kier molecular flexibility index (Phi) is 3.17. The fourth-order valence-electron chi connectivity index (χ4n) is 3.82. The molecule has 6 aromatic rings. The van der Waals surface area contributed by atoms with Crippen LogP contribution in [-0.2, 0) is 0 Å². The molecule has 0 radical (unpaired) electrons. The van der Waals surface area contributed by atoms with E-state index in [9.17, 15) is 0 Å². The van der Waals surface area contributed by atoms with Crippen molar-refractivity contribution in [3.8, 4) is 22.4 Å². The third kappa shape index (κ3) is 2.26. The molecule has 0 atom stereocenters. The third-order valence-corrected chi connectivity index (χ3v) is 5.18. The van der Waals surface area contributed by atoms with E-state index in [1.807, 2.05) is 54.7 Å². The van der Waals surface area contributed by atoms with Crippen molar-refractivity contribution >= 4 is 33.1 Å². The maximum atomic E-state index is 6.02. The summed E-state index contributed by atoms with van der Waals surface area (Å²) in [5.41, 5.74) is 5.91. The molecule has 0 fully saturated rings. The Balaban J connectivity index is 1.51. The van der Waals surface area contributed by atoms with Crippen molar-refractivity contribution in [2.24, 2.45) is 0 Å². The SMILES string of the molecule is c1ccc(-c2ccnc(-c3ccc4c(c3)oc3oc5ccccc5c34)c2)cc1. The molecule has 0 saturated carbocycles. The number of fused-ring (bicyclic) bond motifs is 5. The zero-order chi connectivity index (χ0) is 18.5. The van der Waals surface area contributed by atoms with Crippen LogP contribution in [0.1, 0.15) is 0 Å². The Morgan fingerprint density at radius 1 is 0.571 bits per heavy atom. The average Bonchev–Trinajstić information content (AvgIpc) is 3.29. The molecule has 0 amide bonds. The summed E-state index contributed by atoms with van der Waals surface area (Å²) in [6.07, 6.45) is 1.85. The van der Waals surface area contributed by atoms with Crippen molar-refractivity contribution in [3.63, 3.8) is 0 Å². The highest BCUT2D eigenvalue weighted by atomic mass is 16.5. The van der Waals surface area contributed by atoms with E-state index in [0.717, 1.165) is 44.1 Å². The monoisotopic (exact) mass is 361 g/mol. The van der Waals surface area contributed by atoms with Gasteiger partial charge in [0, 0.05) is 22.5 Å². The topological polar surface area (TPSA) is 39.2 Å². The maximum absolute atomic E-state index is 6.02. The van der Waals surface area contributed by atoms with Crippen LogP contribution in [0.5, 0.6) is 0 Å². The molecule has 0 unspecified atom stereocenters. The lowest BCUT2D eigenvalue weighted by molar-refractivity contribution is 0.524. The molecule has 3 heterocycles. The Hall–Kier alpha value is -3.85. The van der Waals surface area contributed by atoms with Gasteiger partial charge in [0.25, 0.3) is 5.78 Å². The van der Waals surface area contributed by atoms with Crippen molar-refractivity contribution in [1.29, 1.82) is 0 Å². The zero-order valence-electron chi connectivity index (χ0n) is 14.9. The highest BCUT2D eigenvalue weighted by molar-refractivity contribution is 6.17. The smallest absolute Gasteiger partial charge is 0.299 e. The average molecular weight is 361 g/mol. The van der Waals surface area contributed by atoms with Gasteiger partial charge in [-0.1, -0.05) is 54.6 Å². The van der Waals surface area contributed by atoms with Gasteiger partial charge in [0.05, 0.1) is 11.1 Å². The summed E-state index contributed by atoms with van der Waals surface area (Å²) in [7, 11) is 0. The first-order valence-electron chi connectivity index (χ1n) is 9.22. The van der Waals surface area contributed by atoms with E-state index in [1.165, 1.54) is 5.56 Å². The summed E-state index contributed by atoms with van der Waals surface area (Å²) in [5.74, 6) is 0.569. The first-order chi connectivity index (χ1) is 13.9. The van der Waals surface area contributed by atoms with E-state index in [1.54, 1.807) is 0 Å². The minimum Gasteiger partial charge on any atom is -0.425 e. The second kappa shape index (κ2) is 5.83. The first-order valence-corrected chi connectivity index (χ1v) is 9.22. The van der Waals surface area contributed by atoms with Crippen LogP contribution < -0.4 is 0 Å². The van der Waals surface area contributed by atoms with Gasteiger partial charge in [0.2, 0.25) is 0 Å². The summed E-state index contributed by atoms with van der Waals surface area (Å²) >= 11 is 0. The van der Waals surface area contributed by atoms with Gasteiger partial charge in [-0.05, 0) is 41.5 Å². The largest absolute Gasteiger partial charge is 0.425 e. The number of pyridine rings is 1. The number of nitrogens with zero attached hydrogens (tertiary/aromatic N) is 1. The predicted octanol–water partition coefficient (Wildman–Crippen LogP) is 7.06.